The van der Waals surface area contributed by atoms with E-state index in [9.17, 15) is 14.4 Å². The van der Waals surface area contributed by atoms with Crippen molar-refractivity contribution in [3.63, 3.8) is 0 Å². The molecule has 2 aromatic heterocycles. The zero-order valence-electron chi connectivity index (χ0n) is 17.8. The summed E-state index contributed by atoms with van der Waals surface area (Å²) in [6.07, 6.45) is 5.60. The van der Waals surface area contributed by atoms with Gasteiger partial charge in [0.1, 0.15) is 13.2 Å². The number of aliphatic imine (C=N–C) groups is 1. The Morgan fingerprint density at radius 2 is 1.84 bits per heavy atom. The topological polar surface area (TPSA) is 107 Å². The van der Waals surface area contributed by atoms with E-state index in [-0.39, 0.29) is 19.6 Å². The third-order valence-electron chi connectivity index (χ3n) is 4.35. The molecule has 0 aromatic carbocycles. The summed E-state index contributed by atoms with van der Waals surface area (Å²) in [5, 5.41) is 2.02. The second-order valence-corrected chi connectivity index (χ2v) is 7.98. The molecule has 1 N–H and O–H groups in total. The summed E-state index contributed by atoms with van der Waals surface area (Å²) >= 11 is 1.64. The standard InChI is InChI=1S/C23H24N2O6S/c1-15(26)29-13-20(14-30-16(2)27)31-23(28)10-8-17-5-6-18(24-17)12-19-7-9-21(25-19)22-4-3-11-32-22/h3-7,9,11-12,20,24H,8,10,13-14H2,1-2H3/b19-12-. The quantitative estimate of drug-likeness (QED) is 0.433. The predicted octanol–water partition coefficient (Wildman–Crippen LogP) is 3.45. The molecule has 0 aliphatic carbocycles. The summed E-state index contributed by atoms with van der Waals surface area (Å²) in [5.41, 5.74) is 3.54. The molecule has 0 saturated heterocycles. The number of H-pyrrole nitrogens is 1. The Hall–Kier alpha value is -3.46. The van der Waals surface area contributed by atoms with Crippen LogP contribution >= 0.6 is 11.3 Å². The van der Waals surface area contributed by atoms with Crippen molar-refractivity contribution in [2.75, 3.05) is 13.2 Å². The number of aromatic amines is 1. The number of rotatable bonds is 10. The van der Waals surface area contributed by atoms with E-state index in [4.69, 9.17) is 14.2 Å². The predicted molar refractivity (Wildman–Crippen MR) is 120 cm³/mol. The fourth-order valence-electron chi connectivity index (χ4n) is 2.89. The van der Waals surface area contributed by atoms with Crippen molar-refractivity contribution in [1.82, 2.24) is 4.98 Å². The molecule has 0 amide bonds. The fraction of sp³-hybridized carbons (Fsp3) is 0.304. The highest BCUT2D eigenvalue weighted by molar-refractivity contribution is 7.12. The average Bonchev–Trinajstić information content (AvgIpc) is 3.50. The molecular weight excluding hydrogens is 432 g/mol. The van der Waals surface area contributed by atoms with Crippen molar-refractivity contribution in [2.45, 2.75) is 32.8 Å². The van der Waals surface area contributed by atoms with Crippen LogP contribution in [0.2, 0.25) is 0 Å². The Balaban J connectivity index is 1.50. The highest BCUT2D eigenvalue weighted by Gasteiger charge is 2.18. The molecular formula is C23H24N2O6S. The molecule has 0 radical (unpaired) electrons. The molecule has 1 aliphatic rings. The molecule has 0 bridgehead atoms. The van der Waals surface area contributed by atoms with Crippen molar-refractivity contribution < 1.29 is 28.6 Å². The van der Waals surface area contributed by atoms with Gasteiger partial charge in [-0.15, -0.1) is 11.3 Å². The zero-order chi connectivity index (χ0) is 22.9. The minimum atomic E-state index is -0.844. The van der Waals surface area contributed by atoms with Gasteiger partial charge >= 0.3 is 17.9 Å². The second kappa shape index (κ2) is 11.2. The number of thiophene rings is 1. The van der Waals surface area contributed by atoms with Crippen LogP contribution in [0.3, 0.4) is 0 Å². The molecule has 32 heavy (non-hydrogen) atoms. The summed E-state index contributed by atoms with van der Waals surface area (Å²) < 4.78 is 15.0. The first kappa shape index (κ1) is 23.2. The third kappa shape index (κ3) is 7.35. The largest absolute Gasteiger partial charge is 0.462 e. The van der Waals surface area contributed by atoms with Crippen molar-refractivity contribution in [3.05, 3.63) is 63.8 Å². The van der Waals surface area contributed by atoms with Crippen LogP contribution in [-0.4, -0.2) is 47.9 Å². The molecule has 0 atom stereocenters. The van der Waals surface area contributed by atoms with Crippen LogP contribution in [0.15, 0.2) is 52.5 Å². The van der Waals surface area contributed by atoms with Gasteiger partial charge in [0, 0.05) is 25.2 Å². The van der Waals surface area contributed by atoms with E-state index in [1.165, 1.54) is 13.8 Å². The summed E-state index contributed by atoms with van der Waals surface area (Å²) in [7, 11) is 0. The van der Waals surface area contributed by atoms with Gasteiger partial charge in [0.05, 0.1) is 22.7 Å². The number of hydrogen-bond donors (Lipinski definition) is 1. The molecule has 0 spiro atoms. The molecule has 1 aliphatic heterocycles. The first-order valence-corrected chi connectivity index (χ1v) is 10.9. The first-order chi connectivity index (χ1) is 15.4. The normalized spacial score (nSPS) is 14.0. The molecule has 9 heteroatoms. The van der Waals surface area contributed by atoms with E-state index in [1.807, 2.05) is 47.9 Å². The van der Waals surface area contributed by atoms with E-state index >= 15 is 0 Å². The zero-order valence-corrected chi connectivity index (χ0v) is 18.6. The van der Waals surface area contributed by atoms with Crippen LogP contribution in [0.25, 0.3) is 6.08 Å². The van der Waals surface area contributed by atoms with Crippen LogP contribution in [0.1, 0.15) is 36.5 Å². The second-order valence-electron chi connectivity index (χ2n) is 7.03. The van der Waals surface area contributed by atoms with Crippen LogP contribution in [0, 0.1) is 0 Å². The van der Waals surface area contributed by atoms with Crippen LogP contribution < -0.4 is 0 Å². The van der Waals surface area contributed by atoms with Crippen molar-refractivity contribution >= 4 is 41.0 Å². The summed E-state index contributed by atoms with van der Waals surface area (Å²) in [6, 6.07) is 7.85. The smallest absolute Gasteiger partial charge is 0.306 e. The number of ether oxygens (including phenoxy) is 3. The molecule has 2 aromatic rings. The number of hydrogen-bond acceptors (Lipinski definition) is 8. The average molecular weight is 457 g/mol. The minimum Gasteiger partial charge on any atom is -0.462 e. The highest BCUT2D eigenvalue weighted by atomic mass is 32.1. The lowest BCUT2D eigenvalue weighted by molar-refractivity contribution is -0.165. The molecule has 3 heterocycles. The Bertz CT molecular complexity index is 1030. The van der Waals surface area contributed by atoms with E-state index in [0.717, 1.165) is 27.7 Å². The maximum absolute atomic E-state index is 12.2. The maximum Gasteiger partial charge on any atom is 0.306 e. The third-order valence-corrected chi connectivity index (χ3v) is 5.24. The molecule has 0 unspecified atom stereocenters. The number of carbonyl (C=O) groups excluding carboxylic acids is 3. The summed E-state index contributed by atoms with van der Waals surface area (Å²) in [5.74, 6) is -1.50. The lowest BCUT2D eigenvalue weighted by atomic mass is 10.2. The number of carbonyl (C=O) groups is 3. The van der Waals surface area contributed by atoms with Gasteiger partial charge in [0.25, 0.3) is 0 Å². The van der Waals surface area contributed by atoms with Crippen LogP contribution in [0.4, 0.5) is 0 Å². The van der Waals surface area contributed by atoms with Gasteiger partial charge in [-0.2, -0.15) is 0 Å². The maximum atomic E-state index is 12.2. The van der Waals surface area contributed by atoms with Gasteiger partial charge < -0.3 is 19.2 Å². The lowest BCUT2D eigenvalue weighted by Crippen LogP contribution is -2.30. The van der Waals surface area contributed by atoms with Gasteiger partial charge in [-0.3, -0.25) is 14.4 Å². The van der Waals surface area contributed by atoms with E-state index in [2.05, 4.69) is 9.98 Å². The first-order valence-electron chi connectivity index (χ1n) is 10.1. The molecule has 168 valence electrons. The minimum absolute atomic E-state index is 0.119. The van der Waals surface area contributed by atoms with Gasteiger partial charge in [-0.1, -0.05) is 6.07 Å². The van der Waals surface area contributed by atoms with E-state index in [1.54, 1.807) is 11.3 Å². The Labute approximate surface area is 189 Å². The van der Waals surface area contributed by atoms with Crippen molar-refractivity contribution in [2.24, 2.45) is 4.99 Å². The monoisotopic (exact) mass is 456 g/mol. The molecule has 0 saturated carbocycles. The Kier molecular flexibility index (Phi) is 8.15. The number of allylic oxidation sites excluding steroid dienone is 2. The van der Waals surface area contributed by atoms with Crippen LogP contribution in [0.5, 0.6) is 0 Å². The van der Waals surface area contributed by atoms with Crippen molar-refractivity contribution in [1.29, 1.82) is 0 Å². The van der Waals surface area contributed by atoms with Gasteiger partial charge in [0.2, 0.25) is 0 Å². The number of nitrogens with zero attached hydrogens (tertiary/aromatic N) is 1. The SMILES string of the molecule is CC(=O)OCC(COC(C)=O)OC(=O)CCc1ccc(/C=C2/C=CC(c3cccs3)=N2)[nH]1. The van der Waals surface area contributed by atoms with Gasteiger partial charge in [0.15, 0.2) is 6.10 Å². The van der Waals surface area contributed by atoms with E-state index < -0.39 is 24.0 Å². The highest BCUT2D eigenvalue weighted by Crippen LogP contribution is 2.20. The number of nitrogens with one attached hydrogen (secondary N) is 1. The Morgan fingerprint density at radius 3 is 2.50 bits per heavy atom. The Morgan fingerprint density at radius 1 is 1.09 bits per heavy atom. The number of aryl methyl sites for hydroxylation is 1. The number of esters is 3. The molecule has 8 nitrogen and oxygen atoms in total. The fourth-order valence-corrected chi connectivity index (χ4v) is 3.58. The molecule has 3 rings (SSSR count). The van der Waals surface area contributed by atoms with Crippen molar-refractivity contribution in [3.8, 4) is 0 Å². The van der Waals surface area contributed by atoms with E-state index in [0.29, 0.717) is 6.42 Å². The molecule has 0 fully saturated rings. The lowest BCUT2D eigenvalue weighted by Gasteiger charge is -2.17. The van der Waals surface area contributed by atoms with Gasteiger partial charge in [-0.25, -0.2) is 4.99 Å². The summed E-state index contributed by atoms with van der Waals surface area (Å²) in [4.78, 5) is 43.2. The summed E-state index contributed by atoms with van der Waals surface area (Å²) in [6.45, 7) is 2.16. The van der Waals surface area contributed by atoms with Crippen LogP contribution in [-0.2, 0) is 35.0 Å². The number of aromatic nitrogens is 1. The van der Waals surface area contributed by atoms with Gasteiger partial charge in [-0.05, 0) is 48.2 Å².